The van der Waals surface area contributed by atoms with Crippen LogP contribution < -0.4 is 5.32 Å². The molecular weight excluding hydrogens is 276 g/mol. The van der Waals surface area contributed by atoms with Gasteiger partial charge in [-0.15, -0.1) is 0 Å². The van der Waals surface area contributed by atoms with E-state index in [1.165, 1.54) is 9.87 Å². The van der Waals surface area contributed by atoms with Gasteiger partial charge < -0.3 is 10.1 Å². The highest BCUT2D eigenvalue weighted by Crippen LogP contribution is 2.29. The number of nitrogens with one attached hydrogen (secondary N) is 1. The van der Waals surface area contributed by atoms with Gasteiger partial charge in [-0.05, 0) is 38.0 Å². The average Bonchev–Trinajstić information content (AvgIpc) is 2.84. The predicted octanol–water partition coefficient (Wildman–Crippen LogP) is 1.45. The van der Waals surface area contributed by atoms with Crippen LogP contribution in [0.15, 0.2) is 23.1 Å². The lowest BCUT2D eigenvalue weighted by atomic mass is 10.1. The number of morpholine rings is 1. The van der Waals surface area contributed by atoms with Crippen molar-refractivity contribution in [3.63, 3.8) is 0 Å². The second-order valence-electron chi connectivity index (χ2n) is 5.94. The number of ether oxygens (including phenoxy) is 1. The third-order valence-electron chi connectivity index (χ3n) is 3.82. The Labute approximate surface area is 120 Å². The first-order valence-corrected chi connectivity index (χ1v) is 8.33. The summed E-state index contributed by atoms with van der Waals surface area (Å²) in [6, 6.07) is 5.37. The molecule has 20 heavy (non-hydrogen) atoms. The van der Waals surface area contributed by atoms with Gasteiger partial charge in [-0.3, -0.25) is 0 Å². The van der Waals surface area contributed by atoms with Gasteiger partial charge in [-0.1, -0.05) is 6.07 Å². The smallest absolute Gasteiger partial charge is 0.243 e. The molecule has 1 saturated heterocycles. The van der Waals surface area contributed by atoms with Crippen molar-refractivity contribution in [3.05, 3.63) is 23.8 Å². The summed E-state index contributed by atoms with van der Waals surface area (Å²) in [4.78, 5) is 0.364. The molecular formula is C14H20N2O3S. The largest absolute Gasteiger partial charge is 0.384 e. The molecule has 110 valence electrons. The molecule has 2 heterocycles. The molecule has 3 rings (SSSR count). The molecule has 0 amide bonds. The number of nitrogens with zero attached hydrogens (tertiary/aromatic N) is 1. The zero-order chi connectivity index (χ0) is 14.4. The van der Waals surface area contributed by atoms with E-state index in [1.54, 1.807) is 12.1 Å². The monoisotopic (exact) mass is 296 g/mol. The highest BCUT2D eigenvalue weighted by Gasteiger charge is 2.35. The molecule has 0 saturated carbocycles. The van der Waals surface area contributed by atoms with Gasteiger partial charge in [0, 0.05) is 25.3 Å². The molecule has 2 aliphatic rings. The molecule has 2 aliphatic heterocycles. The number of hydrogen-bond donors (Lipinski definition) is 1. The summed E-state index contributed by atoms with van der Waals surface area (Å²) < 4.78 is 32.5. The van der Waals surface area contributed by atoms with Crippen molar-refractivity contribution >= 4 is 15.7 Å². The van der Waals surface area contributed by atoms with Crippen molar-refractivity contribution in [2.75, 3.05) is 31.6 Å². The van der Waals surface area contributed by atoms with E-state index in [-0.39, 0.29) is 0 Å². The normalized spacial score (nSPS) is 22.3. The van der Waals surface area contributed by atoms with E-state index in [4.69, 9.17) is 4.74 Å². The van der Waals surface area contributed by atoms with Crippen molar-refractivity contribution in [2.24, 2.45) is 0 Å². The summed E-state index contributed by atoms with van der Waals surface area (Å²) in [5.41, 5.74) is 1.70. The van der Waals surface area contributed by atoms with Crippen molar-refractivity contribution in [1.29, 1.82) is 0 Å². The Hall–Kier alpha value is -1.11. The number of rotatable bonds is 2. The van der Waals surface area contributed by atoms with Crippen molar-refractivity contribution in [1.82, 2.24) is 4.31 Å². The predicted molar refractivity (Wildman–Crippen MR) is 77.4 cm³/mol. The number of sulfonamides is 1. The molecule has 1 fully saturated rings. The summed E-state index contributed by atoms with van der Waals surface area (Å²) in [7, 11) is -3.44. The lowest BCUT2D eigenvalue weighted by molar-refractivity contribution is -0.0640. The first kappa shape index (κ1) is 13.9. The van der Waals surface area contributed by atoms with E-state index >= 15 is 0 Å². The van der Waals surface area contributed by atoms with Gasteiger partial charge in [0.05, 0.1) is 17.1 Å². The minimum atomic E-state index is -3.44. The number of fused-ring (bicyclic) bond motifs is 1. The molecule has 5 nitrogen and oxygen atoms in total. The highest BCUT2D eigenvalue weighted by molar-refractivity contribution is 7.89. The van der Waals surface area contributed by atoms with Crippen molar-refractivity contribution in [2.45, 2.75) is 30.8 Å². The van der Waals surface area contributed by atoms with Gasteiger partial charge >= 0.3 is 0 Å². The van der Waals surface area contributed by atoms with Crippen LogP contribution in [-0.4, -0.2) is 44.6 Å². The number of hydrogen-bond acceptors (Lipinski definition) is 4. The minimum absolute atomic E-state index is 0.364. The topological polar surface area (TPSA) is 58.6 Å². The molecule has 1 N–H and O–H groups in total. The quantitative estimate of drug-likeness (QED) is 0.897. The Kier molecular flexibility index (Phi) is 3.27. The lowest BCUT2D eigenvalue weighted by Gasteiger charge is -2.37. The maximum Gasteiger partial charge on any atom is 0.243 e. The second-order valence-corrected chi connectivity index (χ2v) is 7.88. The van der Waals surface area contributed by atoms with E-state index in [2.05, 4.69) is 5.32 Å². The van der Waals surface area contributed by atoms with Crippen LogP contribution in [-0.2, 0) is 21.2 Å². The SMILES string of the molecule is CC1(C)CN(S(=O)(=O)c2ccc3c(c2)NCC3)CCO1. The summed E-state index contributed by atoms with van der Waals surface area (Å²) in [5, 5.41) is 3.22. The molecule has 1 aromatic rings. The Morgan fingerprint density at radius 3 is 2.90 bits per heavy atom. The van der Waals surface area contributed by atoms with Gasteiger partial charge in [0.15, 0.2) is 0 Å². The third kappa shape index (κ3) is 2.43. The van der Waals surface area contributed by atoms with Gasteiger partial charge in [-0.2, -0.15) is 4.31 Å². The van der Waals surface area contributed by atoms with E-state index in [1.807, 2.05) is 19.9 Å². The van der Waals surface area contributed by atoms with Crippen LogP contribution in [0.3, 0.4) is 0 Å². The first-order valence-electron chi connectivity index (χ1n) is 6.89. The van der Waals surface area contributed by atoms with E-state index in [0.717, 1.165) is 18.7 Å². The van der Waals surface area contributed by atoms with Gasteiger partial charge in [0.25, 0.3) is 0 Å². The Bertz CT molecular complexity index is 625. The Morgan fingerprint density at radius 1 is 1.35 bits per heavy atom. The Balaban J connectivity index is 1.92. The van der Waals surface area contributed by atoms with Crippen LogP contribution in [0.4, 0.5) is 5.69 Å². The molecule has 0 aliphatic carbocycles. The van der Waals surface area contributed by atoms with Crippen molar-refractivity contribution in [3.8, 4) is 0 Å². The van der Waals surface area contributed by atoms with Crippen molar-refractivity contribution < 1.29 is 13.2 Å². The molecule has 0 unspecified atom stereocenters. The Morgan fingerprint density at radius 2 is 2.15 bits per heavy atom. The molecule has 1 aromatic carbocycles. The van der Waals surface area contributed by atoms with E-state index < -0.39 is 15.6 Å². The van der Waals surface area contributed by atoms with Crippen LogP contribution in [0.25, 0.3) is 0 Å². The maximum absolute atomic E-state index is 12.7. The van der Waals surface area contributed by atoms with Gasteiger partial charge in [0.2, 0.25) is 10.0 Å². The molecule has 0 spiro atoms. The zero-order valence-electron chi connectivity index (χ0n) is 11.8. The van der Waals surface area contributed by atoms with Crippen LogP contribution in [0, 0.1) is 0 Å². The van der Waals surface area contributed by atoms with Gasteiger partial charge in [0.1, 0.15) is 0 Å². The molecule has 6 heteroatoms. The zero-order valence-corrected chi connectivity index (χ0v) is 12.7. The average molecular weight is 296 g/mol. The fraction of sp³-hybridized carbons (Fsp3) is 0.571. The second kappa shape index (κ2) is 4.72. The highest BCUT2D eigenvalue weighted by atomic mass is 32.2. The van der Waals surface area contributed by atoms with Crippen LogP contribution in [0.1, 0.15) is 19.4 Å². The lowest BCUT2D eigenvalue weighted by Crippen LogP contribution is -2.50. The maximum atomic E-state index is 12.7. The molecule has 0 atom stereocenters. The fourth-order valence-corrected chi connectivity index (χ4v) is 4.36. The molecule has 0 radical (unpaired) electrons. The summed E-state index contributed by atoms with van der Waals surface area (Å²) in [5.74, 6) is 0. The fourth-order valence-electron chi connectivity index (χ4n) is 2.76. The third-order valence-corrected chi connectivity index (χ3v) is 5.66. The standard InChI is InChI=1S/C14H20N2O3S/c1-14(2)10-16(7-8-19-14)20(17,18)12-4-3-11-5-6-15-13(11)9-12/h3-4,9,15H,5-8,10H2,1-2H3. The van der Waals surface area contributed by atoms with Crippen LogP contribution in [0.2, 0.25) is 0 Å². The molecule has 0 bridgehead atoms. The van der Waals surface area contributed by atoms with Gasteiger partial charge in [-0.25, -0.2) is 8.42 Å². The van der Waals surface area contributed by atoms with E-state index in [9.17, 15) is 8.42 Å². The number of benzene rings is 1. The summed E-state index contributed by atoms with van der Waals surface area (Å²) >= 11 is 0. The van der Waals surface area contributed by atoms with Crippen LogP contribution in [0.5, 0.6) is 0 Å². The molecule has 0 aromatic heterocycles. The minimum Gasteiger partial charge on any atom is -0.384 e. The summed E-state index contributed by atoms with van der Waals surface area (Å²) in [6.45, 7) is 5.95. The first-order chi connectivity index (χ1) is 9.38. The number of anilines is 1. The summed E-state index contributed by atoms with van der Waals surface area (Å²) in [6.07, 6.45) is 0.959. The van der Waals surface area contributed by atoms with E-state index in [0.29, 0.717) is 24.6 Å². The van der Waals surface area contributed by atoms with Crippen LogP contribution >= 0.6 is 0 Å².